The number of fused-ring (bicyclic) bond motifs is 2. The summed E-state index contributed by atoms with van der Waals surface area (Å²) in [5.41, 5.74) is 4.65. The standard InChI is InChI=1S/C21H23N3O2/c25-21(23-20-8-9-22-24(20)17-6-1-2-7-17)12-16-13-26-19-11-15-5-3-4-14(15)10-18(16)19/h8-11,13,17H,1-7,12H2,(H,23,25). The summed E-state index contributed by atoms with van der Waals surface area (Å²) in [6.45, 7) is 0. The molecule has 2 aliphatic rings. The third kappa shape index (κ3) is 2.71. The number of aryl methyl sites for hydroxylation is 2. The smallest absolute Gasteiger partial charge is 0.230 e. The molecule has 2 aliphatic carbocycles. The van der Waals surface area contributed by atoms with Gasteiger partial charge in [0.2, 0.25) is 5.91 Å². The molecule has 134 valence electrons. The summed E-state index contributed by atoms with van der Waals surface area (Å²) in [6.07, 6.45) is 12.1. The van der Waals surface area contributed by atoms with E-state index in [1.54, 1.807) is 12.5 Å². The van der Waals surface area contributed by atoms with Crippen LogP contribution in [0.1, 0.15) is 54.8 Å². The molecule has 0 bridgehead atoms. The van der Waals surface area contributed by atoms with Gasteiger partial charge in [-0.3, -0.25) is 4.79 Å². The molecule has 0 atom stereocenters. The molecule has 5 heteroatoms. The van der Waals surface area contributed by atoms with Crippen LogP contribution in [0.4, 0.5) is 5.82 Å². The van der Waals surface area contributed by atoms with Crippen molar-refractivity contribution < 1.29 is 9.21 Å². The minimum absolute atomic E-state index is 0.0204. The molecule has 2 aromatic heterocycles. The lowest BCUT2D eigenvalue weighted by Gasteiger charge is -2.14. The zero-order valence-corrected chi connectivity index (χ0v) is 14.8. The second kappa shape index (κ2) is 6.31. The predicted molar refractivity (Wildman–Crippen MR) is 100 cm³/mol. The molecule has 2 heterocycles. The minimum Gasteiger partial charge on any atom is -0.464 e. The van der Waals surface area contributed by atoms with Crippen LogP contribution in [0.15, 0.2) is 35.1 Å². The second-order valence-corrected chi connectivity index (χ2v) is 7.56. The van der Waals surface area contributed by atoms with Gasteiger partial charge in [-0.15, -0.1) is 0 Å². The fourth-order valence-electron chi connectivity index (χ4n) is 4.50. The quantitative estimate of drug-likeness (QED) is 0.759. The molecule has 26 heavy (non-hydrogen) atoms. The Labute approximate surface area is 152 Å². The Morgan fingerprint density at radius 3 is 2.85 bits per heavy atom. The maximum Gasteiger partial charge on any atom is 0.230 e. The van der Waals surface area contributed by atoms with Gasteiger partial charge in [-0.2, -0.15) is 5.10 Å². The normalized spacial score (nSPS) is 17.1. The van der Waals surface area contributed by atoms with E-state index in [9.17, 15) is 4.79 Å². The van der Waals surface area contributed by atoms with E-state index in [4.69, 9.17) is 4.42 Å². The fourth-order valence-corrected chi connectivity index (χ4v) is 4.50. The van der Waals surface area contributed by atoms with Crippen LogP contribution in [-0.4, -0.2) is 15.7 Å². The van der Waals surface area contributed by atoms with Crippen molar-refractivity contribution >= 4 is 22.7 Å². The van der Waals surface area contributed by atoms with E-state index in [0.717, 1.165) is 48.0 Å². The van der Waals surface area contributed by atoms with E-state index in [1.807, 2.05) is 10.7 Å². The SMILES string of the molecule is O=C(Cc1coc2cc3c(cc12)CCC3)Nc1ccnn1C1CCCC1. The highest BCUT2D eigenvalue weighted by molar-refractivity contribution is 5.95. The maximum atomic E-state index is 12.6. The predicted octanol–water partition coefficient (Wildman–Crippen LogP) is 4.41. The lowest BCUT2D eigenvalue weighted by atomic mass is 10.0. The van der Waals surface area contributed by atoms with Crippen LogP contribution in [0.25, 0.3) is 11.0 Å². The van der Waals surface area contributed by atoms with Crippen LogP contribution in [0, 0.1) is 0 Å². The summed E-state index contributed by atoms with van der Waals surface area (Å²) in [7, 11) is 0. The van der Waals surface area contributed by atoms with Crippen molar-refractivity contribution in [1.82, 2.24) is 9.78 Å². The van der Waals surface area contributed by atoms with E-state index in [2.05, 4.69) is 22.5 Å². The molecular weight excluding hydrogens is 326 g/mol. The van der Waals surface area contributed by atoms with Gasteiger partial charge in [-0.05, 0) is 55.4 Å². The van der Waals surface area contributed by atoms with Crippen LogP contribution >= 0.6 is 0 Å². The van der Waals surface area contributed by atoms with Crippen molar-refractivity contribution in [3.05, 3.63) is 47.3 Å². The van der Waals surface area contributed by atoms with Gasteiger partial charge in [0.25, 0.3) is 0 Å². The Bertz CT molecular complexity index is 963. The Morgan fingerprint density at radius 1 is 1.19 bits per heavy atom. The van der Waals surface area contributed by atoms with Gasteiger partial charge in [0, 0.05) is 17.0 Å². The van der Waals surface area contributed by atoms with E-state index < -0.39 is 0 Å². The van der Waals surface area contributed by atoms with Gasteiger partial charge in [0.1, 0.15) is 11.4 Å². The highest BCUT2D eigenvalue weighted by atomic mass is 16.3. The monoisotopic (exact) mass is 349 g/mol. The van der Waals surface area contributed by atoms with Crippen LogP contribution in [0.3, 0.4) is 0 Å². The largest absolute Gasteiger partial charge is 0.464 e. The molecule has 1 fully saturated rings. The van der Waals surface area contributed by atoms with E-state index in [-0.39, 0.29) is 5.91 Å². The van der Waals surface area contributed by atoms with Gasteiger partial charge < -0.3 is 9.73 Å². The van der Waals surface area contributed by atoms with Crippen molar-refractivity contribution in [3.8, 4) is 0 Å². The topological polar surface area (TPSA) is 60.1 Å². The third-order valence-corrected chi connectivity index (χ3v) is 5.83. The van der Waals surface area contributed by atoms with Crippen LogP contribution in [-0.2, 0) is 24.1 Å². The molecular formula is C21H23N3O2. The van der Waals surface area contributed by atoms with Gasteiger partial charge in [0.15, 0.2) is 0 Å². The number of aromatic nitrogens is 2. The Kier molecular flexibility index (Phi) is 3.80. The number of amides is 1. The molecule has 1 N–H and O–H groups in total. The molecule has 1 amide bonds. The van der Waals surface area contributed by atoms with E-state index in [1.165, 1.54) is 30.4 Å². The summed E-state index contributed by atoms with van der Waals surface area (Å²) < 4.78 is 7.70. The van der Waals surface area contributed by atoms with Gasteiger partial charge in [0.05, 0.1) is 24.9 Å². The summed E-state index contributed by atoms with van der Waals surface area (Å²) in [5, 5.41) is 8.54. The minimum atomic E-state index is -0.0204. The first kappa shape index (κ1) is 15.7. The number of hydrogen-bond donors (Lipinski definition) is 1. The van der Waals surface area contributed by atoms with Crippen molar-refractivity contribution in [3.63, 3.8) is 0 Å². The fraction of sp³-hybridized carbons (Fsp3) is 0.429. The zero-order chi connectivity index (χ0) is 17.5. The molecule has 5 rings (SSSR count). The van der Waals surface area contributed by atoms with Crippen LogP contribution in [0.5, 0.6) is 0 Å². The molecule has 0 spiro atoms. The summed E-state index contributed by atoms with van der Waals surface area (Å²) in [6, 6.07) is 6.66. The molecule has 0 unspecified atom stereocenters. The van der Waals surface area contributed by atoms with Gasteiger partial charge in [-0.1, -0.05) is 12.8 Å². The first-order chi connectivity index (χ1) is 12.8. The number of rotatable bonds is 4. The number of furan rings is 1. The number of anilines is 1. The van der Waals surface area contributed by atoms with Crippen molar-refractivity contribution in [2.24, 2.45) is 0 Å². The number of nitrogens with zero attached hydrogens (tertiary/aromatic N) is 2. The summed E-state index contributed by atoms with van der Waals surface area (Å²) in [4.78, 5) is 12.6. The van der Waals surface area contributed by atoms with Crippen molar-refractivity contribution in [2.75, 3.05) is 5.32 Å². The first-order valence-electron chi connectivity index (χ1n) is 9.63. The number of carbonyl (C=O) groups is 1. The molecule has 1 aromatic carbocycles. The highest BCUT2D eigenvalue weighted by Crippen LogP contribution is 2.32. The lowest BCUT2D eigenvalue weighted by Crippen LogP contribution is -2.19. The highest BCUT2D eigenvalue weighted by Gasteiger charge is 2.21. The Morgan fingerprint density at radius 2 is 2.00 bits per heavy atom. The van der Waals surface area contributed by atoms with Crippen molar-refractivity contribution in [1.29, 1.82) is 0 Å². The summed E-state index contributed by atoms with van der Waals surface area (Å²) >= 11 is 0. The van der Waals surface area contributed by atoms with Gasteiger partial charge in [-0.25, -0.2) is 4.68 Å². The number of hydrogen-bond acceptors (Lipinski definition) is 3. The maximum absolute atomic E-state index is 12.6. The zero-order valence-electron chi connectivity index (χ0n) is 14.8. The third-order valence-electron chi connectivity index (χ3n) is 5.83. The molecule has 5 nitrogen and oxygen atoms in total. The molecule has 1 saturated carbocycles. The number of carbonyl (C=O) groups excluding carboxylic acids is 1. The molecule has 3 aromatic rings. The molecule has 0 aliphatic heterocycles. The molecule has 0 radical (unpaired) electrons. The van der Waals surface area contributed by atoms with E-state index in [0.29, 0.717) is 12.5 Å². The Balaban J connectivity index is 1.35. The molecule has 0 saturated heterocycles. The van der Waals surface area contributed by atoms with Crippen LogP contribution < -0.4 is 5.32 Å². The van der Waals surface area contributed by atoms with E-state index >= 15 is 0 Å². The average molecular weight is 349 g/mol. The lowest BCUT2D eigenvalue weighted by molar-refractivity contribution is -0.115. The van der Waals surface area contributed by atoms with Gasteiger partial charge >= 0.3 is 0 Å². The number of benzene rings is 1. The summed E-state index contributed by atoms with van der Waals surface area (Å²) in [5.74, 6) is 0.781. The van der Waals surface area contributed by atoms with Crippen molar-refractivity contribution in [2.45, 2.75) is 57.4 Å². The average Bonchev–Trinajstić information content (AvgIpc) is 3.40. The van der Waals surface area contributed by atoms with Crippen LogP contribution in [0.2, 0.25) is 0 Å². The number of nitrogens with one attached hydrogen (secondary N) is 1. The Hall–Kier alpha value is -2.56. The second-order valence-electron chi connectivity index (χ2n) is 7.56. The first-order valence-corrected chi connectivity index (χ1v) is 9.63.